The van der Waals surface area contributed by atoms with Crippen molar-refractivity contribution in [3.05, 3.63) is 44.6 Å². The number of thiophene rings is 1. The fourth-order valence-corrected chi connectivity index (χ4v) is 4.14. The Balaban J connectivity index is 1.64. The molecule has 1 aromatic heterocycles. The van der Waals surface area contributed by atoms with Gasteiger partial charge in [-0.25, -0.2) is 4.79 Å². The summed E-state index contributed by atoms with van der Waals surface area (Å²) in [5.74, 6) is 0.675. The van der Waals surface area contributed by atoms with Crippen LogP contribution in [0, 0.1) is 13.8 Å². The highest BCUT2D eigenvalue weighted by Gasteiger charge is 2.24. The highest BCUT2D eigenvalue weighted by atomic mass is 32.1. The summed E-state index contributed by atoms with van der Waals surface area (Å²) in [4.78, 5) is 28.4. The Labute approximate surface area is 162 Å². The van der Waals surface area contributed by atoms with E-state index in [-0.39, 0.29) is 12.5 Å². The summed E-state index contributed by atoms with van der Waals surface area (Å²) in [5.41, 5.74) is 2.69. The van der Waals surface area contributed by atoms with Crippen LogP contribution in [0.1, 0.15) is 31.2 Å². The van der Waals surface area contributed by atoms with E-state index in [4.69, 9.17) is 14.2 Å². The minimum absolute atomic E-state index is 0.201. The van der Waals surface area contributed by atoms with Crippen molar-refractivity contribution >= 4 is 23.2 Å². The number of amides is 1. The summed E-state index contributed by atoms with van der Waals surface area (Å²) in [6.45, 7) is 4.60. The van der Waals surface area contributed by atoms with Gasteiger partial charge >= 0.3 is 5.97 Å². The second-order valence-electron chi connectivity index (χ2n) is 6.44. The Morgan fingerprint density at radius 1 is 1.07 bits per heavy atom. The lowest BCUT2D eigenvalue weighted by Gasteiger charge is -2.29. The van der Waals surface area contributed by atoms with Crippen LogP contribution in [-0.2, 0) is 22.5 Å². The summed E-state index contributed by atoms with van der Waals surface area (Å²) < 4.78 is 15.9. The molecule has 1 aliphatic heterocycles. The third-order valence-electron chi connectivity index (χ3n) is 4.66. The third-order valence-corrected chi connectivity index (χ3v) is 5.62. The molecule has 27 heavy (non-hydrogen) atoms. The van der Waals surface area contributed by atoms with Crippen LogP contribution in [0.15, 0.2) is 18.2 Å². The minimum atomic E-state index is -0.450. The first-order valence-corrected chi connectivity index (χ1v) is 9.50. The summed E-state index contributed by atoms with van der Waals surface area (Å²) in [5, 5.41) is 0. The van der Waals surface area contributed by atoms with Gasteiger partial charge in [-0.3, -0.25) is 4.79 Å². The monoisotopic (exact) mass is 389 g/mol. The number of carbonyl (C=O) groups excluding carboxylic acids is 2. The number of methoxy groups -OCH3 is 2. The van der Waals surface area contributed by atoms with Crippen LogP contribution in [0.2, 0.25) is 0 Å². The molecule has 6 nitrogen and oxygen atoms in total. The molecule has 0 saturated carbocycles. The van der Waals surface area contributed by atoms with Gasteiger partial charge in [0, 0.05) is 22.8 Å². The lowest BCUT2D eigenvalue weighted by atomic mass is 9.99. The Morgan fingerprint density at radius 3 is 2.33 bits per heavy atom. The largest absolute Gasteiger partial charge is 0.493 e. The number of nitrogens with zero attached hydrogens (tertiary/aromatic N) is 1. The predicted molar refractivity (Wildman–Crippen MR) is 103 cm³/mol. The molecule has 0 bridgehead atoms. The zero-order valence-corrected chi connectivity index (χ0v) is 16.8. The van der Waals surface area contributed by atoms with E-state index in [9.17, 15) is 9.59 Å². The normalized spacial score (nSPS) is 13.1. The van der Waals surface area contributed by atoms with Crippen molar-refractivity contribution in [2.45, 2.75) is 26.8 Å². The number of hydrogen-bond donors (Lipinski definition) is 0. The molecule has 2 aromatic rings. The second kappa shape index (κ2) is 8.00. The molecule has 1 amide bonds. The van der Waals surface area contributed by atoms with Gasteiger partial charge in [0.1, 0.15) is 0 Å². The molecule has 144 valence electrons. The quantitative estimate of drug-likeness (QED) is 0.735. The van der Waals surface area contributed by atoms with Crippen LogP contribution in [0.3, 0.4) is 0 Å². The number of esters is 1. The molecule has 0 atom stereocenters. The number of benzene rings is 1. The van der Waals surface area contributed by atoms with E-state index in [0.717, 1.165) is 27.3 Å². The van der Waals surface area contributed by atoms with E-state index < -0.39 is 5.97 Å². The van der Waals surface area contributed by atoms with E-state index in [1.807, 2.05) is 26.0 Å². The van der Waals surface area contributed by atoms with Gasteiger partial charge in [-0.2, -0.15) is 0 Å². The molecule has 3 rings (SSSR count). The van der Waals surface area contributed by atoms with Crippen molar-refractivity contribution in [1.29, 1.82) is 0 Å². The lowest BCUT2D eigenvalue weighted by molar-refractivity contribution is -0.135. The van der Waals surface area contributed by atoms with Crippen LogP contribution in [0.5, 0.6) is 11.5 Å². The topological polar surface area (TPSA) is 65.1 Å². The maximum atomic E-state index is 12.5. The maximum Gasteiger partial charge on any atom is 0.339 e. The van der Waals surface area contributed by atoms with Gasteiger partial charge in [0.2, 0.25) is 0 Å². The standard InChI is InChI=1S/C20H23NO5S/c1-12-7-16(13(2)27-12)20(23)26-11-19(22)21-6-5-14-8-17(24-3)18(25-4)9-15(14)10-21/h7-9H,5-6,10-11H2,1-4H3. The third kappa shape index (κ3) is 4.08. The van der Waals surface area contributed by atoms with Gasteiger partial charge in [0.15, 0.2) is 18.1 Å². The molecular formula is C20H23NO5S. The van der Waals surface area contributed by atoms with E-state index in [1.54, 1.807) is 36.5 Å². The van der Waals surface area contributed by atoms with Crippen LogP contribution < -0.4 is 9.47 Å². The first-order chi connectivity index (χ1) is 12.9. The van der Waals surface area contributed by atoms with Crippen molar-refractivity contribution in [2.24, 2.45) is 0 Å². The van der Waals surface area contributed by atoms with Crippen LogP contribution >= 0.6 is 11.3 Å². The first-order valence-electron chi connectivity index (χ1n) is 8.68. The average molecular weight is 389 g/mol. The van der Waals surface area contributed by atoms with Gasteiger partial charge in [0.25, 0.3) is 5.91 Å². The Hall–Kier alpha value is -2.54. The summed E-state index contributed by atoms with van der Waals surface area (Å²) in [6, 6.07) is 5.65. The molecule has 0 radical (unpaired) electrons. The van der Waals surface area contributed by atoms with E-state index >= 15 is 0 Å². The smallest absolute Gasteiger partial charge is 0.339 e. The molecule has 0 spiro atoms. The highest BCUT2D eigenvalue weighted by Crippen LogP contribution is 2.33. The fourth-order valence-electron chi connectivity index (χ4n) is 3.23. The fraction of sp³-hybridized carbons (Fsp3) is 0.400. The van der Waals surface area contributed by atoms with Gasteiger partial charge in [0.05, 0.1) is 19.8 Å². The van der Waals surface area contributed by atoms with Crippen molar-refractivity contribution in [3.63, 3.8) is 0 Å². The predicted octanol–water partition coefficient (Wildman–Crippen LogP) is 3.12. The van der Waals surface area contributed by atoms with E-state index in [0.29, 0.717) is 30.2 Å². The van der Waals surface area contributed by atoms with Crippen molar-refractivity contribution in [1.82, 2.24) is 4.90 Å². The van der Waals surface area contributed by atoms with Crippen LogP contribution in [0.25, 0.3) is 0 Å². The first kappa shape index (κ1) is 19.2. The van der Waals surface area contributed by atoms with Crippen molar-refractivity contribution in [3.8, 4) is 11.5 Å². The molecule has 1 aliphatic rings. The summed E-state index contributed by atoms with van der Waals surface area (Å²) in [6.07, 6.45) is 0.720. The Bertz CT molecular complexity index is 873. The molecule has 0 unspecified atom stereocenters. The molecule has 0 aliphatic carbocycles. The molecule has 0 fully saturated rings. The Morgan fingerprint density at radius 2 is 1.74 bits per heavy atom. The van der Waals surface area contributed by atoms with Crippen molar-refractivity contribution in [2.75, 3.05) is 27.4 Å². The van der Waals surface area contributed by atoms with Crippen molar-refractivity contribution < 1.29 is 23.8 Å². The maximum absolute atomic E-state index is 12.5. The number of carbonyl (C=O) groups is 2. The van der Waals surface area contributed by atoms with Gasteiger partial charge in [-0.05, 0) is 49.6 Å². The molecule has 0 N–H and O–H groups in total. The van der Waals surface area contributed by atoms with Gasteiger partial charge in [-0.15, -0.1) is 11.3 Å². The second-order valence-corrected chi connectivity index (χ2v) is 7.90. The number of ether oxygens (including phenoxy) is 3. The molecular weight excluding hydrogens is 366 g/mol. The summed E-state index contributed by atoms with van der Waals surface area (Å²) in [7, 11) is 3.19. The molecule has 1 aromatic carbocycles. The zero-order valence-electron chi connectivity index (χ0n) is 16.0. The summed E-state index contributed by atoms with van der Waals surface area (Å²) >= 11 is 1.54. The molecule has 0 saturated heterocycles. The van der Waals surface area contributed by atoms with E-state index in [1.165, 1.54) is 0 Å². The zero-order chi connectivity index (χ0) is 19.6. The number of hydrogen-bond acceptors (Lipinski definition) is 6. The van der Waals surface area contributed by atoms with E-state index in [2.05, 4.69) is 0 Å². The number of aryl methyl sites for hydroxylation is 2. The average Bonchev–Trinajstić information content (AvgIpc) is 3.02. The molecule has 2 heterocycles. The molecule has 7 heteroatoms. The SMILES string of the molecule is COc1cc2c(cc1OC)CN(C(=O)COC(=O)c1cc(C)sc1C)CC2. The van der Waals surface area contributed by atoms with Crippen LogP contribution in [-0.4, -0.2) is 44.1 Å². The van der Waals surface area contributed by atoms with Gasteiger partial charge < -0.3 is 19.1 Å². The Kier molecular flexibility index (Phi) is 5.70. The highest BCUT2D eigenvalue weighted by molar-refractivity contribution is 7.12. The number of fused-ring (bicyclic) bond motifs is 1. The lowest BCUT2D eigenvalue weighted by Crippen LogP contribution is -2.38. The number of rotatable bonds is 5. The van der Waals surface area contributed by atoms with Crippen LogP contribution in [0.4, 0.5) is 0 Å². The minimum Gasteiger partial charge on any atom is -0.493 e. The van der Waals surface area contributed by atoms with Gasteiger partial charge in [-0.1, -0.05) is 0 Å².